The van der Waals surface area contributed by atoms with E-state index in [-0.39, 0.29) is 6.04 Å². The highest BCUT2D eigenvalue weighted by Gasteiger charge is 2.39. The molecule has 1 unspecified atom stereocenters. The number of benzene rings is 3. The number of hydrazine groups is 1. The molecule has 1 saturated heterocycles. The Bertz CT molecular complexity index is 1630. The molecule has 226 valence electrons. The number of nitrogens with one attached hydrogen (secondary N) is 1. The van der Waals surface area contributed by atoms with Crippen LogP contribution in [0.3, 0.4) is 0 Å². The van der Waals surface area contributed by atoms with E-state index in [0.717, 1.165) is 93.6 Å². The Morgan fingerprint density at radius 3 is 2.34 bits per heavy atom. The van der Waals surface area contributed by atoms with Crippen molar-refractivity contribution in [1.82, 2.24) is 20.3 Å². The highest BCUT2D eigenvalue weighted by atomic mass is 16.7. The van der Waals surface area contributed by atoms with Crippen molar-refractivity contribution in [3.63, 3.8) is 0 Å². The number of rotatable bonds is 8. The molecule has 8 rings (SSSR count). The third kappa shape index (κ3) is 5.24. The lowest BCUT2D eigenvalue weighted by Crippen LogP contribution is -2.46. The fourth-order valence-corrected chi connectivity index (χ4v) is 6.64. The van der Waals surface area contributed by atoms with Gasteiger partial charge < -0.3 is 24.0 Å². The van der Waals surface area contributed by atoms with Gasteiger partial charge in [-0.15, -0.1) is 0 Å². The van der Waals surface area contributed by atoms with E-state index >= 15 is 0 Å². The van der Waals surface area contributed by atoms with Gasteiger partial charge in [0.2, 0.25) is 12.7 Å². The van der Waals surface area contributed by atoms with Crippen LogP contribution in [0.25, 0.3) is 0 Å². The lowest BCUT2D eigenvalue weighted by molar-refractivity contribution is 0.174. The van der Waals surface area contributed by atoms with Gasteiger partial charge in [-0.3, -0.25) is 9.91 Å². The predicted molar refractivity (Wildman–Crippen MR) is 169 cm³/mol. The minimum Gasteiger partial charge on any atom is -0.497 e. The van der Waals surface area contributed by atoms with E-state index in [1.807, 2.05) is 18.2 Å². The quantitative estimate of drug-likeness (QED) is 0.316. The molecule has 0 spiro atoms. The monoisotopic (exact) mass is 591 g/mol. The Morgan fingerprint density at radius 1 is 0.773 bits per heavy atom. The van der Waals surface area contributed by atoms with Crippen LogP contribution in [0.1, 0.15) is 34.7 Å². The Hall–Kier alpha value is -4.54. The van der Waals surface area contributed by atoms with Crippen LogP contribution in [-0.4, -0.2) is 61.5 Å². The lowest BCUT2D eigenvalue weighted by Gasteiger charge is -2.36. The molecule has 1 N–H and O–H groups in total. The largest absolute Gasteiger partial charge is 0.497 e. The van der Waals surface area contributed by atoms with Crippen LogP contribution in [0.4, 0.5) is 17.6 Å². The molecule has 0 amide bonds. The van der Waals surface area contributed by atoms with Gasteiger partial charge in [0.15, 0.2) is 17.3 Å². The third-order valence-electron chi connectivity index (χ3n) is 9.01. The fraction of sp³-hybridized carbons (Fsp3) is 0.353. The molecule has 0 aliphatic carbocycles. The molecule has 1 aromatic heterocycles. The van der Waals surface area contributed by atoms with E-state index in [4.69, 9.17) is 24.2 Å². The minimum atomic E-state index is 0.212. The minimum absolute atomic E-state index is 0.212. The molecule has 4 aliphatic heterocycles. The van der Waals surface area contributed by atoms with Crippen LogP contribution in [0, 0.1) is 0 Å². The molecule has 0 bridgehead atoms. The normalized spacial score (nSPS) is 18.9. The van der Waals surface area contributed by atoms with Crippen LogP contribution >= 0.6 is 0 Å². The van der Waals surface area contributed by atoms with Gasteiger partial charge in [0.25, 0.3) is 0 Å². The summed E-state index contributed by atoms with van der Waals surface area (Å²) >= 11 is 0. The molecule has 10 heteroatoms. The van der Waals surface area contributed by atoms with Gasteiger partial charge in [0, 0.05) is 45.8 Å². The summed E-state index contributed by atoms with van der Waals surface area (Å²) in [6.45, 7) is 7.28. The van der Waals surface area contributed by atoms with Gasteiger partial charge in [-0.25, -0.2) is 5.43 Å². The maximum Gasteiger partial charge on any atom is 0.231 e. The second-order valence-electron chi connectivity index (χ2n) is 11.8. The van der Waals surface area contributed by atoms with Crippen LogP contribution in [0.2, 0.25) is 0 Å². The Kier molecular flexibility index (Phi) is 7.08. The second kappa shape index (κ2) is 11.5. The first-order valence-electron chi connectivity index (χ1n) is 15.4. The van der Waals surface area contributed by atoms with E-state index < -0.39 is 0 Å². The standard InChI is InChI=1S/C34H37N7O3/c1-42-27-10-7-25(8-11-27)21-40-14-13-28-31-32(40)35-34(36-33(31)41(37-28)22-24-5-3-2-4-6-24)39-17-15-38(16-18-39)20-26-9-12-29-30(19-26)44-23-43-29/h2-12,19,28,37H,13-18,20-23H2,1H3. The molecule has 10 nitrogen and oxygen atoms in total. The van der Waals surface area contributed by atoms with E-state index in [1.54, 1.807) is 7.11 Å². The Balaban J connectivity index is 1.05. The number of fused-ring (bicyclic) bond motifs is 1. The Labute approximate surface area is 257 Å². The van der Waals surface area contributed by atoms with E-state index in [9.17, 15) is 0 Å². The summed E-state index contributed by atoms with van der Waals surface area (Å²) in [7, 11) is 1.71. The van der Waals surface area contributed by atoms with Gasteiger partial charge in [0.1, 0.15) is 11.6 Å². The van der Waals surface area contributed by atoms with E-state index in [1.165, 1.54) is 22.3 Å². The molecular formula is C34H37N7O3. The fourth-order valence-electron chi connectivity index (χ4n) is 6.64. The van der Waals surface area contributed by atoms with E-state index in [2.05, 4.69) is 79.7 Å². The molecule has 44 heavy (non-hydrogen) atoms. The average Bonchev–Trinajstić information content (AvgIpc) is 3.68. The average molecular weight is 592 g/mol. The number of aromatic nitrogens is 2. The number of anilines is 3. The number of nitrogens with zero attached hydrogens (tertiary/aromatic N) is 6. The summed E-state index contributed by atoms with van der Waals surface area (Å²) in [5, 5.41) is 2.23. The number of piperazine rings is 1. The molecule has 1 atom stereocenters. The van der Waals surface area contributed by atoms with Crippen LogP contribution in [-0.2, 0) is 19.6 Å². The molecule has 1 fully saturated rings. The Morgan fingerprint density at radius 2 is 1.52 bits per heavy atom. The van der Waals surface area contributed by atoms with Gasteiger partial charge in [-0.05, 0) is 47.4 Å². The third-order valence-corrected chi connectivity index (χ3v) is 9.01. The van der Waals surface area contributed by atoms with Crippen LogP contribution in [0.5, 0.6) is 17.2 Å². The van der Waals surface area contributed by atoms with Crippen LogP contribution < -0.4 is 34.4 Å². The topological polar surface area (TPSA) is 78.5 Å². The summed E-state index contributed by atoms with van der Waals surface area (Å²) in [5.41, 5.74) is 8.71. The van der Waals surface area contributed by atoms with Gasteiger partial charge in [-0.2, -0.15) is 9.97 Å². The zero-order chi connectivity index (χ0) is 29.5. The molecule has 5 heterocycles. The highest BCUT2D eigenvalue weighted by Crippen LogP contribution is 2.44. The second-order valence-corrected chi connectivity index (χ2v) is 11.8. The smallest absolute Gasteiger partial charge is 0.231 e. The first-order chi connectivity index (χ1) is 21.7. The van der Waals surface area contributed by atoms with Crippen molar-refractivity contribution in [2.24, 2.45) is 0 Å². The highest BCUT2D eigenvalue weighted by molar-refractivity contribution is 5.69. The molecule has 4 aliphatic rings. The number of hydrogen-bond acceptors (Lipinski definition) is 10. The van der Waals surface area contributed by atoms with Gasteiger partial charge >= 0.3 is 0 Å². The number of ether oxygens (including phenoxy) is 3. The number of methoxy groups -OCH3 is 1. The lowest BCUT2D eigenvalue weighted by atomic mass is 10.0. The van der Waals surface area contributed by atoms with Crippen molar-refractivity contribution < 1.29 is 14.2 Å². The summed E-state index contributed by atoms with van der Waals surface area (Å²) in [5.74, 6) is 5.40. The molecule has 3 aromatic carbocycles. The summed E-state index contributed by atoms with van der Waals surface area (Å²) in [4.78, 5) is 17.8. The first-order valence-corrected chi connectivity index (χ1v) is 15.4. The van der Waals surface area contributed by atoms with Crippen molar-refractivity contribution in [3.05, 3.63) is 95.1 Å². The zero-order valence-electron chi connectivity index (χ0n) is 25.0. The molecule has 0 saturated carbocycles. The van der Waals surface area contributed by atoms with Crippen LogP contribution in [0.15, 0.2) is 72.8 Å². The van der Waals surface area contributed by atoms with E-state index in [0.29, 0.717) is 6.79 Å². The maximum atomic E-state index is 5.59. The van der Waals surface area contributed by atoms with Crippen molar-refractivity contribution in [3.8, 4) is 17.2 Å². The SMILES string of the molecule is COc1ccc(CN2CCC3NN(Cc4ccccc4)c4nc(N5CCN(Cc6ccc7c(c6)OCO7)CC5)nc2c43)cc1. The van der Waals surface area contributed by atoms with Gasteiger partial charge in [-0.1, -0.05) is 48.5 Å². The summed E-state index contributed by atoms with van der Waals surface area (Å²) in [6, 6.07) is 25.4. The first kappa shape index (κ1) is 27.0. The predicted octanol–water partition coefficient (Wildman–Crippen LogP) is 4.51. The van der Waals surface area contributed by atoms with Gasteiger partial charge in [0.05, 0.1) is 25.3 Å². The van der Waals surface area contributed by atoms with Crippen molar-refractivity contribution in [2.45, 2.75) is 32.1 Å². The van der Waals surface area contributed by atoms with Crippen molar-refractivity contribution >= 4 is 17.6 Å². The molecule has 4 aromatic rings. The summed E-state index contributed by atoms with van der Waals surface area (Å²) in [6.07, 6.45) is 1.00. The molecular weight excluding hydrogens is 554 g/mol. The van der Waals surface area contributed by atoms with Crippen molar-refractivity contribution in [2.75, 3.05) is 61.4 Å². The summed E-state index contributed by atoms with van der Waals surface area (Å²) < 4.78 is 16.5. The van der Waals surface area contributed by atoms with Crippen molar-refractivity contribution in [1.29, 1.82) is 0 Å². The maximum absolute atomic E-state index is 5.59. The zero-order valence-corrected chi connectivity index (χ0v) is 25.0. The molecule has 0 radical (unpaired) electrons. The number of hydrogen-bond donors (Lipinski definition) is 1.